The lowest BCUT2D eigenvalue weighted by molar-refractivity contribution is -0.127. The van der Waals surface area contributed by atoms with Crippen LogP contribution in [0.2, 0.25) is 0 Å². The average Bonchev–Trinajstić information content (AvgIpc) is 3.02. The number of carbonyl (C=O) groups is 2. The Morgan fingerprint density at radius 1 is 0.833 bits per heavy atom. The van der Waals surface area contributed by atoms with Crippen LogP contribution in [0.3, 0.4) is 0 Å². The predicted octanol–water partition coefficient (Wildman–Crippen LogP) is 4.89. The molecular formula is C26H26N2O2. The zero-order valence-electron chi connectivity index (χ0n) is 17.5. The molecule has 1 aliphatic rings. The van der Waals surface area contributed by atoms with Gasteiger partial charge in [-0.25, -0.2) is 0 Å². The number of carbonyl (C=O) groups excluding carboxylic acids is 2. The minimum absolute atomic E-state index is 0.127. The summed E-state index contributed by atoms with van der Waals surface area (Å²) in [5, 5.41) is 3.08. The molecule has 0 fully saturated rings. The Labute approximate surface area is 177 Å². The molecule has 0 aliphatic carbocycles. The van der Waals surface area contributed by atoms with Gasteiger partial charge in [0, 0.05) is 11.1 Å². The minimum atomic E-state index is -0.696. The van der Waals surface area contributed by atoms with Crippen molar-refractivity contribution in [1.29, 1.82) is 0 Å². The maximum Gasteiger partial charge on any atom is 0.255 e. The van der Waals surface area contributed by atoms with Crippen molar-refractivity contribution in [2.75, 3.05) is 0 Å². The molecule has 1 atom stereocenters. The summed E-state index contributed by atoms with van der Waals surface area (Å²) in [5.41, 5.74) is 2.87. The molecule has 3 aromatic rings. The molecule has 4 rings (SSSR count). The number of hydrogen-bond acceptors (Lipinski definition) is 2. The van der Waals surface area contributed by atoms with Crippen molar-refractivity contribution < 1.29 is 9.59 Å². The second kappa shape index (κ2) is 7.79. The summed E-state index contributed by atoms with van der Waals surface area (Å²) in [5.74, 6) is -0.296. The van der Waals surface area contributed by atoms with Crippen LogP contribution in [-0.4, -0.2) is 22.3 Å². The zero-order chi connectivity index (χ0) is 21.3. The van der Waals surface area contributed by atoms with E-state index in [0.717, 1.165) is 16.7 Å². The van der Waals surface area contributed by atoms with E-state index in [9.17, 15) is 9.59 Å². The molecule has 30 heavy (non-hydrogen) atoms. The Bertz CT molecular complexity index is 1020. The highest BCUT2D eigenvalue weighted by Crippen LogP contribution is 2.42. The highest BCUT2D eigenvalue weighted by molar-refractivity contribution is 6.05. The van der Waals surface area contributed by atoms with Gasteiger partial charge in [0.1, 0.15) is 6.04 Å². The fourth-order valence-corrected chi connectivity index (χ4v) is 4.09. The number of nitrogens with zero attached hydrogens (tertiary/aromatic N) is 1. The van der Waals surface area contributed by atoms with E-state index in [1.807, 2.05) is 106 Å². The van der Waals surface area contributed by atoms with E-state index in [0.29, 0.717) is 5.56 Å². The molecule has 0 radical (unpaired) electrons. The average molecular weight is 399 g/mol. The fraction of sp³-hybridized carbons (Fsp3) is 0.231. The van der Waals surface area contributed by atoms with Crippen molar-refractivity contribution in [3.63, 3.8) is 0 Å². The van der Waals surface area contributed by atoms with Crippen LogP contribution in [0.15, 0.2) is 84.9 Å². The van der Waals surface area contributed by atoms with Crippen molar-refractivity contribution in [3.05, 3.63) is 107 Å². The van der Waals surface area contributed by atoms with Gasteiger partial charge in [-0.15, -0.1) is 0 Å². The summed E-state index contributed by atoms with van der Waals surface area (Å²) in [6.07, 6.45) is 0. The Morgan fingerprint density at radius 3 is 1.87 bits per heavy atom. The standard InChI is InChI=1S/C26H26N2O2/c1-26(2,3)27-24(29)23-20-16-10-11-17-21(20)25(30)28(23)22(18-12-6-4-7-13-18)19-14-8-5-9-15-19/h4-17,22-23H,1-3H3,(H,27,29). The first-order chi connectivity index (χ1) is 14.4. The third kappa shape index (κ3) is 3.73. The largest absolute Gasteiger partial charge is 0.349 e. The second-order valence-corrected chi connectivity index (χ2v) is 8.67. The first-order valence-electron chi connectivity index (χ1n) is 10.2. The van der Waals surface area contributed by atoms with Crippen LogP contribution < -0.4 is 5.32 Å². The molecule has 152 valence electrons. The van der Waals surface area contributed by atoms with Gasteiger partial charge in [-0.1, -0.05) is 78.9 Å². The zero-order valence-corrected chi connectivity index (χ0v) is 17.5. The van der Waals surface area contributed by atoms with Gasteiger partial charge in [-0.05, 0) is 43.5 Å². The number of hydrogen-bond donors (Lipinski definition) is 1. The van der Waals surface area contributed by atoms with E-state index >= 15 is 0 Å². The highest BCUT2D eigenvalue weighted by atomic mass is 16.2. The number of amides is 2. The number of benzene rings is 3. The van der Waals surface area contributed by atoms with Crippen LogP contribution >= 0.6 is 0 Å². The predicted molar refractivity (Wildman–Crippen MR) is 118 cm³/mol. The van der Waals surface area contributed by atoms with Gasteiger partial charge in [0.2, 0.25) is 5.91 Å². The minimum Gasteiger partial charge on any atom is -0.349 e. The van der Waals surface area contributed by atoms with Gasteiger partial charge in [0.05, 0.1) is 6.04 Å². The van der Waals surface area contributed by atoms with Gasteiger partial charge < -0.3 is 10.2 Å². The molecule has 3 aromatic carbocycles. The van der Waals surface area contributed by atoms with Crippen molar-refractivity contribution in [1.82, 2.24) is 10.2 Å². The maximum atomic E-state index is 13.6. The van der Waals surface area contributed by atoms with E-state index in [1.54, 1.807) is 4.90 Å². The van der Waals surface area contributed by atoms with Crippen LogP contribution in [0.25, 0.3) is 0 Å². The van der Waals surface area contributed by atoms with Gasteiger partial charge in [0.25, 0.3) is 5.91 Å². The number of nitrogens with one attached hydrogen (secondary N) is 1. The van der Waals surface area contributed by atoms with Crippen LogP contribution in [-0.2, 0) is 4.79 Å². The molecule has 0 saturated carbocycles. The Morgan fingerprint density at radius 2 is 1.33 bits per heavy atom. The molecule has 0 aromatic heterocycles. The van der Waals surface area contributed by atoms with Gasteiger partial charge >= 0.3 is 0 Å². The van der Waals surface area contributed by atoms with Crippen LogP contribution in [0, 0.1) is 0 Å². The first kappa shape index (κ1) is 19.9. The summed E-state index contributed by atoms with van der Waals surface area (Å²) in [7, 11) is 0. The molecule has 0 saturated heterocycles. The molecule has 1 N–H and O–H groups in total. The topological polar surface area (TPSA) is 49.4 Å². The van der Waals surface area contributed by atoms with E-state index in [-0.39, 0.29) is 17.9 Å². The normalized spacial score (nSPS) is 15.9. The molecule has 2 amide bonds. The molecule has 1 aliphatic heterocycles. The van der Waals surface area contributed by atoms with Crippen molar-refractivity contribution in [3.8, 4) is 0 Å². The molecule has 0 bridgehead atoms. The molecule has 4 heteroatoms. The maximum absolute atomic E-state index is 13.6. The second-order valence-electron chi connectivity index (χ2n) is 8.67. The third-order valence-corrected chi connectivity index (χ3v) is 5.25. The molecule has 4 nitrogen and oxygen atoms in total. The smallest absolute Gasteiger partial charge is 0.255 e. The molecule has 1 heterocycles. The van der Waals surface area contributed by atoms with Gasteiger partial charge in [-0.3, -0.25) is 9.59 Å². The van der Waals surface area contributed by atoms with Crippen LogP contribution in [0.1, 0.15) is 59.9 Å². The van der Waals surface area contributed by atoms with E-state index in [4.69, 9.17) is 0 Å². The van der Waals surface area contributed by atoms with Crippen molar-refractivity contribution >= 4 is 11.8 Å². The quantitative estimate of drug-likeness (QED) is 0.680. The SMILES string of the molecule is CC(C)(C)NC(=O)C1c2ccccc2C(=O)N1C(c1ccccc1)c1ccccc1. The van der Waals surface area contributed by atoms with E-state index in [2.05, 4.69) is 5.32 Å². The monoisotopic (exact) mass is 398 g/mol. The van der Waals surface area contributed by atoms with E-state index in [1.165, 1.54) is 0 Å². The Balaban J connectivity index is 1.88. The lowest BCUT2D eigenvalue weighted by atomic mass is 9.95. The summed E-state index contributed by atoms with van der Waals surface area (Å²) in [4.78, 5) is 28.8. The highest BCUT2D eigenvalue weighted by Gasteiger charge is 2.45. The van der Waals surface area contributed by atoms with Crippen LogP contribution in [0.4, 0.5) is 0 Å². The summed E-state index contributed by atoms with van der Waals surface area (Å²) < 4.78 is 0. The fourth-order valence-electron chi connectivity index (χ4n) is 4.09. The van der Waals surface area contributed by atoms with Crippen molar-refractivity contribution in [2.24, 2.45) is 0 Å². The molecule has 0 spiro atoms. The number of fused-ring (bicyclic) bond motifs is 1. The lowest BCUT2D eigenvalue weighted by Gasteiger charge is -2.35. The van der Waals surface area contributed by atoms with Crippen molar-refractivity contribution in [2.45, 2.75) is 38.4 Å². The van der Waals surface area contributed by atoms with Gasteiger partial charge in [0.15, 0.2) is 0 Å². The lowest BCUT2D eigenvalue weighted by Crippen LogP contribution is -2.47. The summed E-state index contributed by atoms with van der Waals surface area (Å²) in [6.45, 7) is 5.84. The Hall–Kier alpha value is -3.40. The number of rotatable bonds is 4. The van der Waals surface area contributed by atoms with Crippen LogP contribution in [0.5, 0.6) is 0 Å². The van der Waals surface area contributed by atoms with E-state index < -0.39 is 11.6 Å². The third-order valence-electron chi connectivity index (χ3n) is 5.25. The molecular weight excluding hydrogens is 372 g/mol. The summed E-state index contributed by atoms with van der Waals surface area (Å²) >= 11 is 0. The summed E-state index contributed by atoms with van der Waals surface area (Å²) in [6, 6.07) is 26.1. The molecule has 1 unspecified atom stereocenters. The first-order valence-corrected chi connectivity index (χ1v) is 10.2. The van der Waals surface area contributed by atoms with Gasteiger partial charge in [-0.2, -0.15) is 0 Å². The Kier molecular flexibility index (Phi) is 5.17.